The molecule has 0 aliphatic heterocycles. The van der Waals surface area contributed by atoms with Gasteiger partial charge in [0.15, 0.2) is 0 Å². The fourth-order valence-corrected chi connectivity index (χ4v) is 0. The Kier molecular flexibility index (Phi) is 24.9. The Labute approximate surface area is 90.3 Å². The smallest absolute Gasteiger partial charge is 1.00 e. The van der Waals surface area contributed by atoms with Gasteiger partial charge in [0, 0.05) is 49.8 Å². The third-order valence-corrected chi connectivity index (χ3v) is 0. The molecule has 0 aliphatic rings. The molecule has 47 valence electrons. The molecule has 0 aromatic rings. The maximum absolute atomic E-state index is 7.33. The maximum atomic E-state index is 7.33. The Morgan fingerprint density at radius 1 is 1.00 bits per heavy atom. The average molecular weight is 252 g/mol. The van der Waals surface area contributed by atoms with Crippen molar-refractivity contribution in [2.75, 3.05) is 0 Å². The van der Waals surface area contributed by atoms with Gasteiger partial charge in [-0.3, -0.25) is 0 Å². The zero-order valence-corrected chi connectivity index (χ0v) is 8.87. The van der Waals surface area contributed by atoms with Crippen LogP contribution in [0.15, 0.2) is 0 Å². The minimum absolute atomic E-state index is 0. The molecular formula is H6BeFeO4SiY. The van der Waals surface area contributed by atoms with Gasteiger partial charge < -0.3 is 22.0 Å². The van der Waals surface area contributed by atoms with Crippen LogP contribution >= 0.6 is 0 Å². The number of rotatable bonds is 0. The first kappa shape index (κ1) is 22.5. The summed E-state index contributed by atoms with van der Waals surface area (Å²) in [5.74, 6) is 0. The zero-order chi connectivity index (χ0) is 4.50. The van der Waals surface area contributed by atoms with E-state index < -0.39 is 9.05 Å². The summed E-state index contributed by atoms with van der Waals surface area (Å²) in [6.07, 6.45) is 0. The van der Waals surface area contributed by atoms with Gasteiger partial charge in [0.2, 0.25) is 0 Å². The summed E-state index contributed by atoms with van der Waals surface area (Å²) in [4.78, 5) is 29.3. The quantitative estimate of drug-likeness (QED) is 0.352. The van der Waals surface area contributed by atoms with Crippen LogP contribution in [0.5, 0.6) is 0 Å². The fourth-order valence-electron chi connectivity index (χ4n) is 0. The van der Waals surface area contributed by atoms with Crippen LogP contribution in [-0.2, 0) is 49.8 Å². The Bertz CT molecular complexity index is 38.7. The van der Waals surface area contributed by atoms with E-state index in [1.807, 2.05) is 0 Å². The summed E-state index contributed by atoms with van der Waals surface area (Å²) in [7, 11) is -4.61. The Hall–Kier alpha value is 1.85. The second-order valence-electron chi connectivity index (χ2n) is 0.600. The summed E-state index contributed by atoms with van der Waals surface area (Å²) < 4.78 is 0. The maximum Gasteiger partial charge on any atom is 2.00 e. The molecule has 0 saturated heterocycles. The van der Waals surface area contributed by atoms with Crippen molar-refractivity contribution in [2.45, 2.75) is 0 Å². The van der Waals surface area contributed by atoms with E-state index in [9.17, 15) is 0 Å². The first-order chi connectivity index (χ1) is 2.00. The monoisotopic (exact) mass is 252 g/mol. The zero-order valence-electron chi connectivity index (χ0n) is 5.93. The minimum atomic E-state index is -4.61. The van der Waals surface area contributed by atoms with Gasteiger partial charge in [-0.2, -0.15) is 0 Å². The summed E-state index contributed by atoms with van der Waals surface area (Å²) in [6, 6.07) is 0. The largest absolute Gasteiger partial charge is 2.00 e. The molecule has 0 atom stereocenters. The third kappa shape index (κ3) is 108. The minimum Gasteiger partial charge on any atom is -1.00 e. The Morgan fingerprint density at radius 2 is 1.00 bits per heavy atom. The average Bonchev–Trinajstić information content (AvgIpc) is 0.722. The van der Waals surface area contributed by atoms with Crippen LogP contribution in [0, 0.1) is 0 Å². The molecule has 0 amide bonds. The van der Waals surface area contributed by atoms with Crippen LogP contribution < -0.4 is 0 Å². The second kappa shape index (κ2) is 8.85. The molecule has 0 fully saturated rings. The molecule has 0 heterocycles. The Balaban J connectivity index is -0.00000000800. The molecule has 0 aliphatic carbocycles. The van der Waals surface area contributed by atoms with Gasteiger partial charge in [-0.1, -0.05) is 0 Å². The first-order valence-electron chi connectivity index (χ1n) is 0.894. The molecule has 0 aromatic carbocycles. The van der Waals surface area contributed by atoms with Crippen molar-refractivity contribution < 1.29 is 71.8 Å². The van der Waals surface area contributed by atoms with Gasteiger partial charge in [0.05, 0.1) is 0 Å². The van der Waals surface area contributed by atoms with E-state index in [0.717, 1.165) is 0 Å². The molecule has 4 N–H and O–H groups in total. The van der Waals surface area contributed by atoms with Crippen LogP contribution in [0.2, 0.25) is 0 Å². The van der Waals surface area contributed by atoms with Crippen LogP contribution in [0.3, 0.4) is 0 Å². The van der Waals surface area contributed by atoms with Crippen molar-refractivity contribution in [2.24, 2.45) is 0 Å². The van der Waals surface area contributed by atoms with Crippen LogP contribution in [0.4, 0.5) is 0 Å². The van der Waals surface area contributed by atoms with Crippen molar-refractivity contribution in [3.05, 3.63) is 0 Å². The van der Waals surface area contributed by atoms with Gasteiger partial charge in [-0.25, -0.2) is 0 Å². The summed E-state index contributed by atoms with van der Waals surface area (Å²) in [5.41, 5.74) is 0. The van der Waals surface area contributed by atoms with Gasteiger partial charge in [-0.15, -0.1) is 0 Å². The van der Waals surface area contributed by atoms with E-state index in [1.54, 1.807) is 0 Å². The molecule has 4 nitrogen and oxygen atoms in total. The van der Waals surface area contributed by atoms with Gasteiger partial charge in [0.25, 0.3) is 0 Å². The molecule has 8 heavy (non-hydrogen) atoms. The molecule has 0 unspecified atom stereocenters. The van der Waals surface area contributed by atoms with Crippen molar-refractivity contribution in [3.8, 4) is 0 Å². The van der Waals surface area contributed by atoms with Crippen LogP contribution in [0.1, 0.15) is 2.85 Å². The normalized spacial score (nSPS) is 7.50. The molecule has 0 saturated carbocycles. The van der Waals surface area contributed by atoms with Crippen molar-refractivity contribution >= 4 is 19.2 Å². The summed E-state index contributed by atoms with van der Waals surface area (Å²) in [6.45, 7) is 0. The topological polar surface area (TPSA) is 80.9 Å². The van der Waals surface area contributed by atoms with E-state index in [0.29, 0.717) is 0 Å². The molecular weight excluding hydrogens is 246 g/mol. The molecule has 0 bridgehead atoms. The molecule has 0 rings (SSSR count). The molecule has 8 heteroatoms. The SMILES string of the molecule is O[Si](O)(O)O.[Be+2].[Fe].[H-].[H-].[Y]. The first-order valence-corrected chi connectivity index (χ1v) is 2.68. The standard InChI is InChI=1S/Be.Fe.H4O4Si.Y.2H/c;;1-5(2,3)4;;;/h;;1-4H;;;/q+2;;;;2*-1. The van der Waals surface area contributed by atoms with E-state index in [-0.39, 0.29) is 62.8 Å². The van der Waals surface area contributed by atoms with E-state index >= 15 is 0 Å². The van der Waals surface area contributed by atoms with Gasteiger partial charge in [-0.05, 0) is 0 Å². The molecule has 0 spiro atoms. The van der Waals surface area contributed by atoms with Crippen LogP contribution in [0.25, 0.3) is 0 Å². The van der Waals surface area contributed by atoms with Gasteiger partial charge >= 0.3 is 19.2 Å². The molecule has 0 aromatic heterocycles. The van der Waals surface area contributed by atoms with Crippen molar-refractivity contribution in [3.63, 3.8) is 0 Å². The van der Waals surface area contributed by atoms with E-state index in [2.05, 4.69) is 0 Å². The second-order valence-corrected chi connectivity index (χ2v) is 1.80. The van der Waals surface area contributed by atoms with Crippen molar-refractivity contribution in [1.82, 2.24) is 0 Å². The molecule has 1 radical (unpaired) electrons. The van der Waals surface area contributed by atoms with Gasteiger partial charge in [0.1, 0.15) is 0 Å². The van der Waals surface area contributed by atoms with E-state index in [1.165, 1.54) is 0 Å². The summed E-state index contributed by atoms with van der Waals surface area (Å²) >= 11 is 0. The predicted molar refractivity (Wildman–Crippen MR) is 22.6 cm³/mol. The number of hydrogen-bond donors (Lipinski definition) is 4. The fraction of sp³-hybridized carbons (Fsp3) is 0. The number of hydrogen-bond acceptors (Lipinski definition) is 4. The summed E-state index contributed by atoms with van der Waals surface area (Å²) in [5, 5.41) is 0. The Morgan fingerprint density at radius 3 is 1.00 bits per heavy atom. The third-order valence-electron chi connectivity index (χ3n) is 0. The predicted octanol–water partition coefficient (Wildman–Crippen LogP) is -2.77. The van der Waals surface area contributed by atoms with E-state index in [4.69, 9.17) is 19.2 Å². The van der Waals surface area contributed by atoms with Crippen molar-refractivity contribution in [1.29, 1.82) is 0 Å². The van der Waals surface area contributed by atoms with Crippen LogP contribution in [-0.4, -0.2) is 38.4 Å².